The van der Waals surface area contributed by atoms with Crippen LogP contribution in [0, 0.1) is 0 Å². The van der Waals surface area contributed by atoms with Crippen molar-refractivity contribution < 1.29 is 22.4 Å². The summed E-state index contributed by atoms with van der Waals surface area (Å²) in [5, 5.41) is 0. The number of halogens is 1. The van der Waals surface area contributed by atoms with E-state index in [2.05, 4.69) is 20.7 Å². The third-order valence-electron chi connectivity index (χ3n) is 7.50. The van der Waals surface area contributed by atoms with Gasteiger partial charge in [-0.3, -0.25) is 9.59 Å². The maximum atomic E-state index is 13.6. The number of carbonyl (C=O) groups is 2. The lowest BCUT2D eigenvalue weighted by atomic mass is 9.97. The Balaban J connectivity index is 1.50. The van der Waals surface area contributed by atoms with Crippen LogP contribution in [-0.2, 0) is 23.0 Å². The summed E-state index contributed by atoms with van der Waals surface area (Å²) >= 11 is 3.73. The number of hydrogen-bond donors (Lipinski definition) is 2. The number of nitrogens with zero attached hydrogens (tertiary/aromatic N) is 2. The number of rotatable bonds is 9. The number of aryl methyl sites for hydroxylation is 1. The number of amides is 2. The highest BCUT2D eigenvalue weighted by atomic mass is 79.9. The Bertz CT molecular complexity index is 1910. The van der Waals surface area contributed by atoms with Crippen LogP contribution in [0.1, 0.15) is 63.6 Å². The average molecular weight is 648 g/mol. The molecule has 3 N–H and O–H groups in total. The minimum absolute atomic E-state index is 0.0176. The van der Waals surface area contributed by atoms with Gasteiger partial charge in [0, 0.05) is 33.5 Å². The molecule has 0 unspecified atom stereocenters. The Kier molecular flexibility index (Phi) is 7.24. The molecule has 9 nitrogen and oxygen atoms in total. The first-order valence-electron chi connectivity index (χ1n) is 13.5. The van der Waals surface area contributed by atoms with Crippen molar-refractivity contribution >= 4 is 37.8 Å². The Morgan fingerprint density at radius 1 is 1.05 bits per heavy atom. The van der Waals surface area contributed by atoms with Crippen molar-refractivity contribution in [3.63, 3.8) is 0 Å². The highest BCUT2D eigenvalue weighted by Gasteiger charge is 2.34. The minimum atomic E-state index is -4.11. The molecule has 2 aliphatic carbocycles. The second-order valence-electron chi connectivity index (χ2n) is 10.2. The lowest BCUT2D eigenvalue weighted by molar-refractivity contribution is 0.0976. The van der Waals surface area contributed by atoms with Gasteiger partial charge in [0.05, 0.1) is 29.7 Å². The van der Waals surface area contributed by atoms with Crippen LogP contribution in [0.4, 0.5) is 0 Å². The number of hydrogen-bond acceptors (Lipinski definition) is 6. The molecule has 0 radical (unpaired) electrons. The van der Waals surface area contributed by atoms with E-state index in [0.717, 1.165) is 41.1 Å². The molecule has 3 aromatic rings. The number of fused-ring (bicyclic) bond motifs is 1. The first kappa shape index (κ1) is 27.9. The molecule has 1 aromatic heterocycles. The zero-order valence-electron chi connectivity index (χ0n) is 22.6. The summed E-state index contributed by atoms with van der Waals surface area (Å²) in [4.78, 5) is 31.1. The minimum Gasteiger partial charge on any atom is -0.472 e. The zero-order valence-corrected chi connectivity index (χ0v) is 25.0. The van der Waals surface area contributed by atoms with Crippen molar-refractivity contribution in [2.75, 3.05) is 0 Å². The Hall–Kier alpha value is -4.22. The van der Waals surface area contributed by atoms with E-state index in [1.807, 2.05) is 17.6 Å². The summed E-state index contributed by atoms with van der Waals surface area (Å²) in [5.41, 5.74) is 10.8. The number of carbonyl (C=O) groups excluding carboxylic acids is 2. The summed E-state index contributed by atoms with van der Waals surface area (Å²) in [7, 11) is -4.11. The van der Waals surface area contributed by atoms with Gasteiger partial charge in [0.25, 0.3) is 21.8 Å². The molecule has 3 aliphatic rings. The second kappa shape index (κ2) is 10.9. The van der Waals surface area contributed by atoms with E-state index in [4.69, 9.17) is 15.1 Å². The number of benzene rings is 2. The van der Waals surface area contributed by atoms with E-state index in [1.165, 1.54) is 12.1 Å². The van der Waals surface area contributed by atoms with Crippen LogP contribution in [-0.4, -0.2) is 29.8 Å². The largest absolute Gasteiger partial charge is 0.472 e. The molecule has 0 atom stereocenters. The van der Waals surface area contributed by atoms with Gasteiger partial charge in [-0.05, 0) is 69.7 Å². The summed E-state index contributed by atoms with van der Waals surface area (Å²) in [6.45, 7) is 2.23. The smallest absolute Gasteiger partial charge is 0.267 e. The molecule has 2 heterocycles. The predicted octanol–water partition coefficient (Wildman–Crippen LogP) is 5.72. The van der Waals surface area contributed by atoms with E-state index < -0.39 is 21.8 Å². The number of nitrogens with one attached hydrogen (secondary N) is 1. The summed E-state index contributed by atoms with van der Waals surface area (Å²) in [5.74, 6) is -0.353. The van der Waals surface area contributed by atoms with E-state index in [-0.39, 0.29) is 22.9 Å². The monoisotopic (exact) mass is 646 g/mol. The van der Waals surface area contributed by atoms with Gasteiger partial charge in [0.2, 0.25) is 0 Å². The normalized spacial score (nSPS) is 13.4. The molecular weight excluding hydrogens is 620 g/mol. The SMILES string of the molecule is CCc1nc(C2CC2)c(C(N)=O)n1Cc1c2ccocc-2c(Br)c1-c1ccccc1C(=O)NS(=O)(=O)c1ccccc1. The fourth-order valence-electron chi connectivity index (χ4n) is 5.40. The maximum Gasteiger partial charge on any atom is 0.267 e. The molecule has 1 fully saturated rings. The number of primary amides is 1. The topological polar surface area (TPSA) is 137 Å². The highest BCUT2D eigenvalue weighted by molar-refractivity contribution is 9.10. The van der Waals surface area contributed by atoms with Gasteiger partial charge in [-0.15, -0.1) is 0 Å². The van der Waals surface area contributed by atoms with E-state index in [0.29, 0.717) is 27.7 Å². The van der Waals surface area contributed by atoms with Gasteiger partial charge in [-0.2, -0.15) is 0 Å². The Morgan fingerprint density at radius 3 is 2.45 bits per heavy atom. The molecule has 0 spiro atoms. The van der Waals surface area contributed by atoms with E-state index in [1.54, 1.807) is 55.0 Å². The van der Waals surface area contributed by atoms with Gasteiger partial charge < -0.3 is 14.7 Å². The number of imidazole rings is 1. The fraction of sp³-hybridized carbons (Fsp3) is 0.194. The second-order valence-corrected chi connectivity index (χ2v) is 12.7. The van der Waals surface area contributed by atoms with Gasteiger partial charge in [-0.25, -0.2) is 18.1 Å². The third kappa shape index (κ3) is 4.92. The van der Waals surface area contributed by atoms with Crippen molar-refractivity contribution in [3.05, 3.63) is 106 Å². The quantitative estimate of drug-likeness (QED) is 0.210. The van der Waals surface area contributed by atoms with Crippen LogP contribution in [0.25, 0.3) is 22.3 Å². The van der Waals surface area contributed by atoms with Crippen LogP contribution in [0.5, 0.6) is 0 Å². The first-order valence-corrected chi connectivity index (χ1v) is 15.8. The van der Waals surface area contributed by atoms with Crippen LogP contribution >= 0.6 is 15.9 Å². The molecule has 0 saturated heterocycles. The summed E-state index contributed by atoms with van der Waals surface area (Å²) in [6, 6.07) is 16.4. The van der Waals surface area contributed by atoms with Crippen molar-refractivity contribution in [2.24, 2.45) is 5.73 Å². The lowest BCUT2D eigenvalue weighted by Gasteiger charge is -2.15. The molecule has 1 saturated carbocycles. The third-order valence-corrected chi connectivity index (χ3v) is 9.67. The zero-order chi connectivity index (χ0) is 29.6. The molecular formula is C31H27BrN4O5S. The number of nitrogens with two attached hydrogens (primary N) is 1. The molecule has 214 valence electrons. The van der Waals surface area contributed by atoms with E-state index in [9.17, 15) is 18.0 Å². The van der Waals surface area contributed by atoms with Crippen LogP contribution < -0.4 is 10.5 Å². The predicted molar refractivity (Wildman–Crippen MR) is 161 cm³/mol. The van der Waals surface area contributed by atoms with Gasteiger partial charge >= 0.3 is 0 Å². The highest BCUT2D eigenvalue weighted by Crippen LogP contribution is 2.48. The first-order chi connectivity index (χ1) is 20.2. The molecule has 1 aliphatic heterocycles. The number of aromatic nitrogens is 2. The molecule has 11 heteroatoms. The fourth-order valence-corrected chi connectivity index (χ4v) is 7.15. The van der Waals surface area contributed by atoms with Crippen molar-refractivity contribution in [1.82, 2.24) is 14.3 Å². The van der Waals surface area contributed by atoms with Crippen LogP contribution in [0.2, 0.25) is 0 Å². The number of sulfonamides is 1. The standard InChI is InChI=1S/C31H27BrN4O5S/c1-2-25-34-28(18-12-13-18)29(30(33)37)36(25)16-23-20-14-15-41-17-24(20)27(32)26(23)21-10-6-7-11-22(21)31(38)35-42(39,40)19-8-4-3-5-9-19/h3-11,14-15,17-18H,2,12-13,16H2,1H3,(H2,33,37)(H,35,38). The van der Waals surface area contributed by atoms with Crippen LogP contribution in [0.15, 0.2) is 87.0 Å². The summed E-state index contributed by atoms with van der Waals surface area (Å²) in [6.07, 6.45) is 5.69. The average Bonchev–Trinajstić information content (AvgIpc) is 3.72. The Morgan fingerprint density at radius 2 is 1.76 bits per heavy atom. The van der Waals surface area contributed by atoms with Crippen molar-refractivity contribution in [3.8, 4) is 22.3 Å². The molecule has 2 aromatic carbocycles. The van der Waals surface area contributed by atoms with Crippen LogP contribution in [0.3, 0.4) is 0 Å². The summed E-state index contributed by atoms with van der Waals surface area (Å²) < 4.78 is 36.2. The molecule has 6 rings (SSSR count). The Labute approximate surface area is 251 Å². The van der Waals surface area contributed by atoms with E-state index >= 15 is 0 Å². The molecule has 42 heavy (non-hydrogen) atoms. The van der Waals surface area contributed by atoms with Gasteiger partial charge in [0.1, 0.15) is 11.5 Å². The molecule has 2 amide bonds. The lowest BCUT2D eigenvalue weighted by Crippen LogP contribution is -2.31. The van der Waals surface area contributed by atoms with Gasteiger partial charge in [0.15, 0.2) is 0 Å². The molecule has 0 bridgehead atoms. The van der Waals surface area contributed by atoms with Gasteiger partial charge in [-0.1, -0.05) is 43.3 Å². The maximum absolute atomic E-state index is 13.6. The van der Waals surface area contributed by atoms with Crippen molar-refractivity contribution in [1.29, 1.82) is 0 Å². The van der Waals surface area contributed by atoms with Crippen molar-refractivity contribution in [2.45, 2.75) is 43.5 Å².